The zero-order valence-electron chi connectivity index (χ0n) is 39.2. The molecule has 0 rings (SSSR count). The highest BCUT2D eigenvalue weighted by Gasteiger charge is 2.24. The number of aliphatic hydroxyl groups excluding tert-OH is 2. The van der Waals surface area contributed by atoms with Crippen LogP contribution in [0.2, 0.25) is 0 Å². The number of aliphatic hydroxyl groups is 2. The van der Waals surface area contributed by atoms with E-state index >= 15 is 0 Å². The number of allylic oxidation sites excluding steroid dienone is 2. The molecule has 58 heavy (non-hydrogen) atoms. The summed E-state index contributed by atoms with van der Waals surface area (Å²) in [6.07, 6.45) is 51.3. The van der Waals surface area contributed by atoms with Crippen molar-refractivity contribution in [1.29, 1.82) is 0 Å². The third-order valence-electron chi connectivity index (χ3n) is 12.1. The van der Waals surface area contributed by atoms with E-state index in [2.05, 4.69) is 38.2 Å². The highest BCUT2D eigenvalue weighted by molar-refractivity contribution is 5.77. The number of carbonyl (C=O) groups excluding carboxylic acids is 2. The summed E-state index contributed by atoms with van der Waals surface area (Å²) in [5.41, 5.74) is 0. The number of carbonyl (C=O) groups is 2. The highest BCUT2D eigenvalue weighted by atomic mass is 16.5. The van der Waals surface area contributed by atoms with Crippen molar-refractivity contribution in [2.45, 2.75) is 302 Å². The summed E-state index contributed by atoms with van der Waals surface area (Å²) in [5, 5.41) is 23.7. The van der Waals surface area contributed by atoms with Gasteiger partial charge in [0.1, 0.15) is 6.10 Å². The Labute approximate surface area is 361 Å². The summed E-state index contributed by atoms with van der Waals surface area (Å²) in [5.74, 6) is -0.465. The summed E-state index contributed by atoms with van der Waals surface area (Å²) < 4.78 is 5.92. The zero-order valence-corrected chi connectivity index (χ0v) is 39.2. The van der Waals surface area contributed by atoms with Crippen molar-refractivity contribution in [3.8, 4) is 0 Å². The van der Waals surface area contributed by atoms with Crippen LogP contribution in [-0.2, 0) is 14.3 Å². The second-order valence-electron chi connectivity index (χ2n) is 17.9. The van der Waals surface area contributed by atoms with Crippen molar-refractivity contribution in [2.24, 2.45) is 0 Å². The molecule has 1 amide bonds. The van der Waals surface area contributed by atoms with Gasteiger partial charge in [-0.15, -0.1) is 0 Å². The molecule has 0 aromatic heterocycles. The SMILES string of the molecule is CCCCCCCC/C=C/CCCCCCCCCC(=O)OC(CCCCCCCCCCC)CC(=O)NC(CO)C(O)CCCCCCCCCCCCCCC. The molecule has 6 nitrogen and oxygen atoms in total. The lowest BCUT2D eigenvalue weighted by Crippen LogP contribution is -2.46. The average Bonchev–Trinajstić information content (AvgIpc) is 3.22. The standard InChI is InChI=1S/C52H101NO5/c1-4-7-10-13-16-19-21-23-24-25-26-28-30-33-36-39-42-45-52(57)58-48(43-40-37-34-31-18-15-12-9-6-3)46-51(56)53-49(47-54)50(55)44-41-38-35-32-29-27-22-20-17-14-11-8-5-2/h23-24,48-50,54-55H,4-22,25-47H2,1-3H3,(H,53,56)/b24-23+. The van der Waals surface area contributed by atoms with Crippen molar-refractivity contribution in [3.63, 3.8) is 0 Å². The molecule has 6 heteroatoms. The van der Waals surface area contributed by atoms with E-state index in [1.54, 1.807) is 0 Å². The molecule has 3 atom stereocenters. The lowest BCUT2D eigenvalue weighted by Gasteiger charge is -2.24. The predicted molar refractivity (Wildman–Crippen MR) is 250 cm³/mol. The minimum Gasteiger partial charge on any atom is -0.462 e. The quantitative estimate of drug-likeness (QED) is 0.0323. The number of esters is 1. The Bertz CT molecular complexity index is 878. The monoisotopic (exact) mass is 820 g/mol. The van der Waals surface area contributed by atoms with Crippen molar-refractivity contribution < 1.29 is 24.5 Å². The van der Waals surface area contributed by atoms with E-state index in [0.717, 1.165) is 44.9 Å². The lowest BCUT2D eigenvalue weighted by atomic mass is 10.0. The maximum atomic E-state index is 13.2. The Morgan fingerprint density at radius 2 is 0.828 bits per heavy atom. The van der Waals surface area contributed by atoms with Gasteiger partial charge in [-0.05, 0) is 51.4 Å². The van der Waals surface area contributed by atoms with E-state index in [9.17, 15) is 19.8 Å². The van der Waals surface area contributed by atoms with E-state index in [1.807, 2.05) is 0 Å². The molecule has 0 aromatic rings. The van der Waals surface area contributed by atoms with Gasteiger partial charge in [-0.2, -0.15) is 0 Å². The van der Waals surface area contributed by atoms with E-state index in [4.69, 9.17) is 4.74 Å². The van der Waals surface area contributed by atoms with Crippen molar-refractivity contribution in [3.05, 3.63) is 12.2 Å². The normalized spacial score (nSPS) is 13.3. The van der Waals surface area contributed by atoms with E-state index in [-0.39, 0.29) is 24.9 Å². The summed E-state index contributed by atoms with van der Waals surface area (Å²) >= 11 is 0. The highest BCUT2D eigenvalue weighted by Crippen LogP contribution is 2.18. The summed E-state index contributed by atoms with van der Waals surface area (Å²) in [4.78, 5) is 26.1. The first-order valence-electron chi connectivity index (χ1n) is 25.9. The molecule has 0 saturated heterocycles. The van der Waals surface area contributed by atoms with Crippen LogP contribution in [0, 0.1) is 0 Å². The summed E-state index contributed by atoms with van der Waals surface area (Å²) in [6, 6.07) is -0.694. The minimum atomic E-state index is -0.781. The van der Waals surface area contributed by atoms with E-state index < -0.39 is 18.2 Å². The van der Waals surface area contributed by atoms with Crippen LogP contribution in [0.15, 0.2) is 12.2 Å². The molecule has 0 aliphatic heterocycles. The molecule has 0 radical (unpaired) electrons. The molecular formula is C52H101NO5. The van der Waals surface area contributed by atoms with Crippen LogP contribution >= 0.6 is 0 Å². The van der Waals surface area contributed by atoms with Gasteiger partial charge in [-0.1, -0.05) is 232 Å². The maximum absolute atomic E-state index is 13.2. The first-order chi connectivity index (χ1) is 28.5. The van der Waals surface area contributed by atoms with Gasteiger partial charge in [0, 0.05) is 6.42 Å². The number of amides is 1. The fourth-order valence-electron chi connectivity index (χ4n) is 8.13. The molecule has 0 aromatic carbocycles. The van der Waals surface area contributed by atoms with Gasteiger partial charge >= 0.3 is 5.97 Å². The molecule has 0 fully saturated rings. The van der Waals surface area contributed by atoms with Gasteiger partial charge in [0.05, 0.1) is 25.2 Å². The fourth-order valence-corrected chi connectivity index (χ4v) is 8.13. The molecule has 0 saturated carbocycles. The number of nitrogens with one attached hydrogen (secondary N) is 1. The molecule has 0 bridgehead atoms. The van der Waals surface area contributed by atoms with Crippen LogP contribution in [0.1, 0.15) is 284 Å². The average molecular weight is 820 g/mol. The van der Waals surface area contributed by atoms with Crippen molar-refractivity contribution in [2.75, 3.05) is 6.61 Å². The number of rotatable bonds is 47. The largest absolute Gasteiger partial charge is 0.462 e. The zero-order chi connectivity index (χ0) is 42.4. The predicted octanol–water partition coefficient (Wildman–Crippen LogP) is 15.3. The summed E-state index contributed by atoms with van der Waals surface area (Å²) in [6.45, 7) is 6.48. The fraction of sp³-hybridized carbons (Fsp3) is 0.923. The molecule has 3 unspecified atom stereocenters. The smallest absolute Gasteiger partial charge is 0.306 e. The Morgan fingerprint density at radius 1 is 0.483 bits per heavy atom. The van der Waals surface area contributed by atoms with Crippen LogP contribution in [0.3, 0.4) is 0 Å². The van der Waals surface area contributed by atoms with E-state index in [1.165, 1.54) is 193 Å². The van der Waals surface area contributed by atoms with Crippen LogP contribution in [0.4, 0.5) is 0 Å². The number of hydrogen-bond acceptors (Lipinski definition) is 5. The number of unbranched alkanes of at least 4 members (excludes halogenated alkanes) is 33. The van der Waals surface area contributed by atoms with Gasteiger partial charge in [0.2, 0.25) is 5.91 Å². The third kappa shape index (κ3) is 41.3. The molecular weight excluding hydrogens is 719 g/mol. The van der Waals surface area contributed by atoms with Crippen LogP contribution in [0.5, 0.6) is 0 Å². The molecule has 0 aliphatic carbocycles. The van der Waals surface area contributed by atoms with Crippen molar-refractivity contribution >= 4 is 11.9 Å². The van der Waals surface area contributed by atoms with Crippen LogP contribution in [0.25, 0.3) is 0 Å². The Balaban J connectivity index is 4.42. The Hall–Kier alpha value is -1.40. The number of ether oxygens (including phenoxy) is 1. The second-order valence-corrected chi connectivity index (χ2v) is 17.9. The second kappa shape index (κ2) is 46.7. The first-order valence-corrected chi connectivity index (χ1v) is 25.9. The number of hydrogen-bond donors (Lipinski definition) is 3. The Kier molecular flexibility index (Phi) is 45.5. The summed E-state index contributed by atoms with van der Waals surface area (Å²) in [7, 11) is 0. The van der Waals surface area contributed by atoms with Gasteiger partial charge in [-0.25, -0.2) is 0 Å². The topological polar surface area (TPSA) is 95.9 Å². The van der Waals surface area contributed by atoms with Crippen molar-refractivity contribution in [1.82, 2.24) is 5.32 Å². The van der Waals surface area contributed by atoms with Gasteiger partial charge < -0.3 is 20.3 Å². The van der Waals surface area contributed by atoms with Gasteiger partial charge in [0.15, 0.2) is 0 Å². The third-order valence-corrected chi connectivity index (χ3v) is 12.1. The van der Waals surface area contributed by atoms with Crippen LogP contribution in [-0.4, -0.2) is 46.9 Å². The first kappa shape index (κ1) is 56.6. The molecule has 3 N–H and O–H groups in total. The van der Waals surface area contributed by atoms with Gasteiger partial charge in [0.25, 0.3) is 0 Å². The molecule has 0 aliphatic rings. The lowest BCUT2D eigenvalue weighted by molar-refractivity contribution is -0.151. The maximum Gasteiger partial charge on any atom is 0.306 e. The van der Waals surface area contributed by atoms with E-state index in [0.29, 0.717) is 19.3 Å². The molecule has 0 spiro atoms. The van der Waals surface area contributed by atoms with Crippen LogP contribution < -0.4 is 5.32 Å². The molecule has 0 heterocycles. The Morgan fingerprint density at radius 3 is 1.22 bits per heavy atom. The van der Waals surface area contributed by atoms with Gasteiger partial charge in [-0.3, -0.25) is 9.59 Å². The minimum absolute atomic E-state index is 0.0823. The molecule has 344 valence electrons.